The van der Waals surface area contributed by atoms with E-state index in [0.29, 0.717) is 92.5 Å². The van der Waals surface area contributed by atoms with Gasteiger partial charge in [0.05, 0.1) is 79.3 Å². The molecule has 6 heterocycles. The van der Waals surface area contributed by atoms with Gasteiger partial charge in [-0.25, -0.2) is 0 Å². The van der Waals surface area contributed by atoms with Gasteiger partial charge in [-0.05, 0) is 81.2 Å². The molecule has 0 aliphatic carbocycles. The van der Waals surface area contributed by atoms with Gasteiger partial charge in [-0.2, -0.15) is 0 Å². The second-order valence-corrected chi connectivity index (χ2v) is 25.4. The van der Waals surface area contributed by atoms with E-state index in [9.17, 15) is 0 Å². The molecule has 4 aromatic rings. The average Bonchev–Trinajstić information content (AvgIpc) is 4.02. The third kappa shape index (κ3) is 26.1. The molecule has 2 aliphatic rings. The van der Waals surface area contributed by atoms with E-state index < -0.39 is 0 Å². The number of aryl methyl sites for hydroxylation is 8. The third-order valence-electron chi connectivity index (χ3n) is 13.1. The SMILES string of the molecule is CCCCCCCCC1(CCCCCCCC)COc2c(C)sc(C)c2OC1.COCCOCCOCCOc1c(C)sc(C)c1C.COCCOCCOCCOc1cc(C)sc1C.Cc1sc(C)c2c1OCCO2. The Kier molecular flexibility index (Phi) is 36.1. The number of hydrogen-bond donors (Lipinski definition) is 0. The molecule has 436 valence electrons. The standard InChI is InChI=1S/C25H44O2S.C14H24O4S.C13H22O4S.C8H10O2S/c1-5-7-9-11-13-15-17-25(18-16-14-12-10-8-6-2)19-26-23-21(3)28-22(4)24(23)27-20-25;1-11-12(2)19-13(3)14(11)18-10-9-17-8-7-16-6-5-15-4;1-11-10-13(12(2)18-11)17-9-8-16-7-6-15-5-4-14-3;1-5-7-8(6(2)11-5)10-4-3-9-7/h5-20H2,1-4H3;5-10H2,1-4H3;10H,4-9H2,1-3H3;3-4H2,1-2H3. The average molecular weight is 1140 g/mol. The van der Waals surface area contributed by atoms with Gasteiger partial charge >= 0.3 is 0 Å². The van der Waals surface area contributed by atoms with Crippen LogP contribution in [-0.4, -0.2) is 120 Å². The first-order chi connectivity index (χ1) is 36.8. The first-order valence-electron chi connectivity index (χ1n) is 28.2. The van der Waals surface area contributed by atoms with Crippen molar-refractivity contribution in [2.45, 2.75) is 166 Å². The Morgan fingerprint density at radius 3 is 1.18 bits per heavy atom. The zero-order chi connectivity index (χ0) is 55.4. The fourth-order valence-electron chi connectivity index (χ4n) is 8.79. The van der Waals surface area contributed by atoms with E-state index >= 15 is 0 Å². The summed E-state index contributed by atoms with van der Waals surface area (Å²) in [5.41, 5.74) is 1.44. The molecule has 16 heteroatoms. The van der Waals surface area contributed by atoms with Crippen LogP contribution in [0.4, 0.5) is 0 Å². The lowest BCUT2D eigenvalue weighted by atomic mass is 9.79. The minimum Gasteiger partial charge on any atom is -0.490 e. The number of methoxy groups -OCH3 is 2. The lowest BCUT2D eigenvalue weighted by Crippen LogP contribution is -2.33. The second-order valence-electron chi connectivity index (χ2n) is 19.6. The van der Waals surface area contributed by atoms with Gasteiger partial charge < -0.3 is 56.8 Å². The number of rotatable bonds is 34. The highest BCUT2D eigenvalue weighted by molar-refractivity contribution is 7.13. The number of ether oxygens (including phenoxy) is 12. The van der Waals surface area contributed by atoms with E-state index in [4.69, 9.17) is 56.8 Å². The molecular weight excluding hydrogens is 1040 g/mol. The predicted octanol–water partition coefficient (Wildman–Crippen LogP) is 15.9. The Hall–Kier alpha value is -2.64. The summed E-state index contributed by atoms with van der Waals surface area (Å²) in [5, 5.41) is 0. The van der Waals surface area contributed by atoms with E-state index in [1.807, 2.05) is 0 Å². The molecule has 0 spiro atoms. The van der Waals surface area contributed by atoms with E-state index in [2.05, 4.69) is 82.2 Å². The summed E-state index contributed by atoms with van der Waals surface area (Å²) in [7, 11) is 3.32. The van der Waals surface area contributed by atoms with Crippen molar-refractivity contribution in [2.75, 3.05) is 120 Å². The molecule has 0 unspecified atom stereocenters. The van der Waals surface area contributed by atoms with Gasteiger partial charge in [-0.3, -0.25) is 0 Å². The maximum atomic E-state index is 6.39. The second kappa shape index (κ2) is 40.5. The van der Waals surface area contributed by atoms with Crippen molar-refractivity contribution in [3.8, 4) is 34.5 Å². The van der Waals surface area contributed by atoms with Crippen molar-refractivity contribution in [2.24, 2.45) is 5.41 Å². The van der Waals surface area contributed by atoms with Crippen molar-refractivity contribution < 1.29 is 56.8 Å². The first kappa shape index (κ1) is 67.6. The number of unbranched alkanes of at least 4 members (excludes halogenated alkanes) is 10. The molecule has 6 rings (SSSR count). The molecule has 0 atom stereocenters. The zero-order valence-corrected chi connectivity index (χ0v) is 52.6. The van der Waals surface area contributed by atoms with Gasteiger partial charge in [-0.1, -0.05) is 90.9 Å². The first-order valence-corrected chi connectivity index (χ1v) is 31.5. The largest absolute Gasteiger partial charge is 0.490 e. The van der Waals surface area contributed by atoms with E-state index in [0.717, 1.165) is 47.7 Å². The molecule has 76 heavy (non-hydrogen) atoms. The summed E-state index contributed by atoms with van der Waals surface area (Å²) in [6, 6.07) is 2.06. The highest BCUT2D eigenvalue weighted by atomic mass is 32.1. The summed E-state index contributed by atoms with van der Waals surface area (Å²) in [5.74, 6) is 5.95. The van der Waals surface area contributed by atoms with Crippen molar-refractivity contribution >= 4 is 45.3 Å². The molecule has 0 fully saturated rings. The molecule has 0 N–H and O–H groups in total. The van der Waals surface area contributed by atoms with Crippen molar-refractivity contribution in [1.82, 2.24) is 0 Å². The highest BCUT2D eigenvalue weighted by Gasteiger charge is 2.36. The summed E-state index contributed by atoms with van der Waals surface area (Å²) < 4.78 is 66.2. The lowest BCUT2D eigenvalue weighted by Gasteiger charge is -2.31. The maximum absolute atomic E-state index is 6.39. The van der Waals surface area contributed by atoms with Crippen LogP contribution >= 0.6 is 45.3 Å². The van der Waals surface area contributed by atoms with Crippen molar-refractivity contribution in [3.05, 3.63) is 50.6 Å². The molecule has 0 bridgehead atoms. The minimum absolute atomic E-state index is 0.199. The fourth-order valence-corrected chi connectivity index (χ4v) is 12.6. The molecule has 2 aliphatic heterocycles. The number of hydrogen-bond acceptors (Lipinski definition) is 16. The van der Waals surface area contributed by atoms with Gasteiger partial charge in [-0.15, -0.1) is 45.3 Å². The molecular formula is C60H100O12S4. The minimum atomic E-state index is 0.199. The van der Waals surface area contributed by atoms with Crippen LogP contribution in [0.1, 0.15) is 148 Å². The van der Waals surface area contributed by atoms with Gasteiger partial charge in [0, 0.05) is 64.2 Å². The Balaban J connectivity index is 0.000000279. The van der Waals surface area contributed by atoms with E-state index in [-0.39, 0.29) is 5.41 Å². The van der Waals surface area contributed by atoms with Crippen LogP contribution < -0.4 is 28.4 Å². The zero-order valence-electron chi connectivity index (χ0n) is 49.3. The quantitative estimate of drug-likeness (QED) is 0.0415. The summed E-state index contributed by atoms with van der Waals surface area (Å²) in [4.78, 5) is 10.0. The number of thiophene rings is 4. The molecule has 0 saturated heterocycles. The van der Waals surface area contributed by atoms with Crippen LogP contribution in [0.3, 0.4) is 0 Å². The summed E-state index contributed by atoms with van der Waals surface area (Å²) >= 11 is 7.07. The lowest BCUT2D eigenvalue weighted by molar-refractivity contribution is 0.0179. The summed E-state index contributed by atoms with van der Waals surface area (Å²) in [6.07, 6.45) is 18.8. The Morgan fingerprint density at radius 1 is 0.408 bits per heavy atom. The summed E-state index contributed by atoms with van der Waals surface area (Å²) in [6.45, 7) is 33.7. The van der Waals surface area contributed by atoms with Crippen molar-refractivity contribution in [3.63, 3.8) is 0 Å². The van der Waals surface area contributed by atoms with Gasteiger partial charge in [0.15, 0.2) is 23.0 Å². The molecule has 12 nitrogen and oxygen atoms in total. The third-order valence-corrected chi connectivity index (χ3v) is 17.1. The molecule has 4 aromatic heterocycles. The van der Waals surface area contributed by atoms with Gasteiger partial charge in [0.1, 0.15) is 37.9 Å². The van der Waals surface area contributed by atoms with Crippen molar-refractivity contribution in [1.29, 1.82) is 0 Å². The topological polar surface area (TPSA) is 111 Å². The Bertz CT molecular complexity index is 2020. The Labute approximate surface area is 476 Å². The predicted molar refractivity (Wildman–Crippen MR) is 318 cm³/mol. The monoisotopic (exact) mass is 1140 g/mol. The number of fused-ring (bicyclic) bond motifs is 2. The Morgan fingerprint density at radius 2 is 0.789 bits per heavy atom. The smallest absolute Gasteiger partial charge is 0.175 e. The molecule has 0 aromatic carbocycles. The maximum Gasteiger partial charge on any atom is 0.175 e. The molecule has 0 amide bonds. The van der Waals surface area contributed by atoms with Gasteiger partial charge in [0.25, 0.3) is 0 Å². The van der Waals surface area contributed by atoms with Crippen LogP contribution in [0, 0.1) is 67.7 Å². The van der Waals surface area contributed by atoms with E-state index in [1.165, 1.54) is 134 Å². The van der Waals surface area contributed by atoms with Crippen LogP contribution in [0.5, 0.6) is 34.5 Å². The van der Waals surface area contributed by atoms with Crippen LogP contribution in [0.25, 0.3) is 0 Å². The fraction of sp³-hybridized carbons (Fsp3) is 0.733. The molecule has 0 saturated carbocycles. The normalized spacial score (nSPS) is 13.2. The van der Waals surface area contributed by atoms with E-state index in [1.54, 1.807) is 59.6 Å². The van der Waals surface area contributed by atoms with Gasteiger partial charge in [0.2, 0.25) is 0 Å². The molecule has 0 radical (unpaired) electrons. The highest BCUT2D eigenvalue weighted by Crippen LogP contribution is 2.47. The van der Waals surface area contributed by atoms with Crippen LogP contribution in [-0.2, 0) is 28.4 Å². The van der Waals surface area contributed by atoms with Crippen LogP contribution in [0.2, 0.25) is 0 Å². The van der Waals surface area contributed by atoms with Crippen LogP contribution in [0.15, 0.2) is 6.07 Å².